The number of hydrogen-bond donors (Lipinski definition) is 2. The Morgan fingerprint density at radius 3 is 2.36 bits per heavy atom. The third-order valence-electron chi connectivity index (χ3n) is 3.54. The average Bonchev–Trinajstić information content (AvgIpc) is 2.95. The van der Waals surface area contributed by atoms with Crippen molar-refractivity contribution in [2.45, 2.75) is 6.92 Å². The second-order valence-corrected chi connectivity index (χ2v) is 7.35. The molecule has 5 nitrogen and oxygen atoms in total. The lowest BCUT2D eigenvalue weighted by atomic mass is 10.1. The SMILES string of the molecule is Cc1sc(NC(=O)c2ccccc2C(=O)O)nc1-c1ccc(Br)cc1. The molecule has 2 aromatic carbocycles. The van der Waals surface area contributed by atoms with Crippen LogP contribution in [-0.4, -0.2) is 22.0 Å². The van der Waals surface area contributed by atoms with Crippen molar-refractivity contribution >= 4 is 44.3 Å². The van der Waals surface area contributed by atoms with Crippen LogP contribution in [0.25, 0.3) is 11.3 Å². The summed E-state index contributed by atoms with van der Waals surface area (Å²) in [6, 6.07) is 13.8. The topological polar surface area (TPSA) is 79.3 Å². The number of carboxylic acid groups (broad SMARTS) is 1. The molecule has 1 amide bonds. The van der Waals surface area contributed by atoms with E-state index in [4.69, 9.17) is 0 Å². The molecule has 0 radical (unpaired) electrons. The lowest BCUT2D eigenvalue weighted by Gasteiger charge is -2.05. The van der Waals surface area contributed by atoms with Gasteiger partial charge in [-0.05, 0) is 31.2 Å². The fourth-order valence-corrected chi connectivity index (χ4v) is 3.45. The van der Waals surface area contributed by atoms with Crippen LogP contribution in [0.2, 0.25) is 0 Å². The Balaban J connectivity index is 1.87. The van der Waals surface area contributed by atoms with E-state index in [2.05, 4.69) is 26.2 Å². The summed E-state index contributed by atoms with van der Waals surface area (Å²) in [6.45, 7) is 1.93. The van der Waals surface area contributed by atoms with Gasteiger partial charge in [0.1, 0.15) is 0 Å². The molecule has 126 valence electrons. The second-order valence-electron chi connectivity index (χ2n) is 5.24. The maximum Gasteiger partial charge on any atom is 0.336 e. The van der Waals surface area contributed by atoms with Crippen molar-refractivity contribution in [3.8, 4) is 11.3 Å². The summed E-state index contributed by atoms with van der Waals surface area (Å²) in [5, 5.41) is 12.3. The number of aromatic carboxylic acids is 1. The Kier molecular flexibility index (Phi) is 4.96. The lowest BCUT2D eigenvalue weighted by molar-refractivity contribution is 0.0692. The minimum Gasteiger partial charge on any atom is -0.478 e. The third kappa shape index (κ3) is 3.78. The minimum absolute atomic E-state index is 0.0404. The zero-order chi connectivity index (χ0) is 18.0. The number of carboxylic acids is 1. The molecule has 3 aromatic rings. The first-order valence-electron chi connectivity index (χ1n) is 7.33. The Bertz CT molecular complexity index is 951. The van der Waals surface area contributed by atoms with Crippen LogP contribution in [0.15, 0.2) is 53.0 Å². The molecule has 0 aliphatic carbocycles. The van der Waals surface area contributed by atoms with E-state index in [1.807, 2.05) is 31.2 Å². The quantitative estimate of drug-likeness (QED) is 0.637. The van der Waals surface area contributed by atoms with Gasteiger partial charge in [0.05, 0.1) is 16.8 Å². The van der Waals surface area contributed by atoms with E-state index < -0.39 is 11.9 Å². The summed E-state index contributed by atoms with van der Waals surface area (Å²) in [4.78, 5) is 29.1. The lowest BCUT2D eigenvalue weighted by Crippen LogP contribution is -2.16. The van der Waals surface area contributed by atoms with E-state index in [1.54, 1.807) is 12.1 Å². The number of aryl methyl sites for hydroxylation is 1. The van der Waals surface area contributed by atoms with E-state index in [0.29, 0.717) is 5.13 Å². The van der Waals surface area contributed by atoms with Crippen LogP contribution in [0.1, 0.15) is 25.6 Å². The molecule has 0 aliphatic rings. The molecule has 0 unspecified atom stereocenters. The summed E-state index contributed by atoms with van der Waals surface area (Å²) in [6.07, 6.45) is 0. The third-order valence-corrected chi connectivity index (χ3v) is 4.95. The monoisotopic (exact) mass is 416 g/mol. The van der Waals surface area contributed by atoms with E-state index in [9.17, 15) is 14.7 Å². The summed E-state index contributed by atoms with van der Waals surface area (Å²) < 4.78 is 0.975. The van der Waals surface area contributed by atoms with Crippen molar-refractivity contribution in [2.75, 3.05) is 5.32 Å². The molecule has 25 heavy (non-hydrogen) atoms. The number of thiazole rings is 1. The van der Waals surface area contributed by atoms with Gasteiger partial charge in [-0.3, -0.25) is 10.1 Å². The molecule has 0 saturated carbocycles. The highest BCUT2D eigenvalue weighted by molar-refractivity contribution is 9.10. The van der Waals surface area contributed by atoms with Gasteiger partial charge in [-0.2, -0.15) is 0 Å². The van der Waals surface area contributed by atoms with E-state index in [-0.39, 0.29) is 11.1 Å². The van der Waals surface area contributed by atoms with Crippen LogP contribution in [-0.2, 0) is 0 Å². The molecule has 1 aromatic heterocycles. The van der Waals surface area contributed by atoms with Gasteiger partial charge in [0.2, 0.25) is 0 Å². The van der Waals surface area contributed by atoms with Crippen LogP contribution in [0.3, 0.4) is 0 Å². The molecule has 0 saturated heterocycles. The van der Waals surface area contributed by atoms with Crippen LogP contribution < -0.4 is 5.32 Å². The number of benzene rings is 2. The fourth-order valence-electron chi connectivity index (χ4n) is 2.36. The van der Waals surface area contributed by atoms with Gasteiger partial charge < -0.3 is 5.11 Å². The number of nitrogens with one attached hydrogen (secondary N) is 1. The number of hydrogen-bond acceptors (Lipinski definition) is 4. The number of nitrogens with zero attached hydrogens (tertiary/aromatic N) is 1. The number of amides is 1. The molecule has 0 atom stereocenters. The first kappa shape index (κ1) is 17.3. The van der Waals surface area contributed by atoms with Crippen LogP contribution in [0, 0.1) is 6.92 Å². The standard InChI is InChI=1S/C18H13BrN2O3S/c1-10-15(11-6-8-12(19)9-7-11)20-18(25-10)21-16(22)13-4-2-3-5-14(13)17(23)24/h2-9H,1H3,(H,23,24)(H,20,21,22). The number of halogens is 1. The molecule has 0 aliphatic heterocycles. The Labute approximate surface area is 156 Å². The predicted molar refractivity (Wildman–Crippen MR) is 101 cm³/mol. The molecule has 0 spiro atoms. The van der Waals surface area contributed by atoms with Gasteiger partial charge in [-0.15, -0.1) is 11.3 Å². The van der Waals surface area contributed by atoms with Crippen molar-refractivity contribution in [3.63, 3.8) is 0 Å². The van der Waals surface area contributed by atoms with Crippen molar-refractivity contribution in [1.82, 2.24) is 4.98 Å². The smallest absolute Gasteiger partial charge is 0.336 e. The predicted octanol–water partition coefficient (Wildman–Crippen LogP) is 4.83. The molecule has 2 N–H and O–H groups in total. The molecule has 3 rings (SSSR count). The Morgan fingerprint density at radius 2 is 1.72 bits per heavy atom. The van der Waals surface area contributed by atoms with Gasteiger partial charge in [-0.25, -0.2) is 9.78 Å². The first-order valence-corrected chi connectivity index (χ1v) is 8.93. The highest BCUT2D eigenvalue weighted by atomic mass is 79.9. The Hall–Kier alpha value is -2.51. The van der Waals surface area contributed by atoms with Crippen molar-refractivity contribution < 1.29 is 14.7 Å². The maximum absolute atomic E-state index is 12.4. The van der Waals surface area contributed by atoms with Crippen LogP contribution in [0.5, 0.6) is 0 Å². The van der Waals surface area contributed by atoms with Gasteiger partial charge in [0.25, 0.3) is 5.91 Å². The maximum atomic E-state index is 12.4. The van der Waals surface area contributed by atoms with Gasteiger partial charge >= 0.3 is 5.97 Å². The number of aromatic nitrogens is 1. The summed E-state index contributed by atoms with van der Waals surface area (Å²) in [5.41, 5.74) is 1.80. The van der Waals surface area contributed by atoms with Crippen molar-refractivity contribution in [3.05, 3.63) is 69.0 Å². The minimum atomic E-state index is -1.14. The highest BCUT2D eigenvalue weighted by Crippen LogP contribution is 2.31. The molecule has 0 bridgehead atoms. The van der Waals surface area contributed by atoms with Gasteiger partial charge in [-0.1, -0.05) is 40.2 Å². The van der Waals surface area contributed by atoms with Gasteiger partial charge in [0.15, 0.2) is 5.13 Å². The summed E-state index contributed by atoms with van der Waals surface area (Å²) in [5.74, 6) is -1.63. The van der Waals surface area contributed by atoms with Crippen molar-refractivity contribution in [1.29, 1.82) is 0 Å². The zero-order valence-electron chi connectivity index (χ0n) is 13.1. The van der Waals surface area contributed by atoms with Gasteiger partial charge in [0, 0.05) is 14.9 Å². The molecule has 0 fully saturated rings. The fraction of sp³-hybridized carbons (Fsp3) is 0.0556. The van der Waals surface area contributed by atoms with Crippen LogP contribution >= 0.6 is 27.3 Å². The van der Waals surface area contributed by atoms with Crippen molar-refractivity contribution in [2.24, 2.45) is 0 Å². The number of carbonyl (C=O) groups excluding carboxylic acids is 1. The second kappa shape index (κ2) is 7.16. The number of carbonyl (C=O) groups is 2. The largest absolute Gasteiger partial charge is 0.478 e. The van der Waals surface area contributed by atoms with E-state index >= 15 is 0 Å². The highest BCUT2D eigenvalue weighted by Gasteiger charge is 2.18. The van der Waals surface area contributed by atoms with Crippen LogP contribution in [0.4, 0.5) is 5.13 Å². The molecular formula is C18H13BrN2O3S. The summed E-state index contributed by atoms with van der Waals surface area (Å²) in [7, 11) is 0. The molecule has 1 heterocycles. The zero-order valence-corrected chi connectivity index (χ0v) is 15.5. The average molecular weight is 417 g/mol. The number of anilines is 1. The normalized spacial score (nSPS) is 10.5. The molecular weight excluding hydrogens is 404 g/mol. The summed E-state index contributed by atoms with van der Waals surface area (Å²) >= 11 is 4.74. The van der Waals surface area contributed by atoms with E-state index in [1.165, 1.54) is 23.5 Å². The number of rotatable bonds is 4. The molecule has 7 heteroatoms. The Morgan fingerprint density at radius 1 is 1.08 bits per heavy atom. The van der Waals surface area contributed by atoms with E-state index in [0.717, 1.165) is 20.6 Å². The first-order chi connectivity index (χ1) is 12.0.